The van der Waals surface area contributed by atoms with Crippen molar-refractivity contribution < 1.29 is 4.39 Å². The molecule has 2 heterocycles. The van der Waals surface area contributed by atoms with Crippen LogP contribution in [0.15, 0.2) is 17.5 Å². The lowest BCUT2D eigenvalue weighted by Crippen LogP contribution is -1.80. The smallest absolute Gasteiger partial charge is 0.180 e. The molecule has 0 fully saturated rings. The Morgan fingerprint density at radius 1 is 1.42 bits per heavy atom. The van der Waals surface area contributed by atoms with Crippen molar-refractivity contribution >= 4 is 27.8 Å². The second-order valence-electron chi connectivity index (χ2n) is 2.17. The van der Waals surface area contributed by atoms with Gasteiger partial charge in [-0.25, -0.2) is 4.98 Å². The maximum atomic E-state index is 12.6. The zero-order valence-electron chi connectivity index (χ0n) is 5.95. The molecule has 0 bridgehead atoms. The highest BCUT2D eigenvalue weighted by Gasteiger charge is 2.05. The molecular weight excluding hydrogens is 195 g/mol. The van der Waals surface area contributed by atoms with E-state index in [9.17, 15) is 4.39 Å². The number of thiazole rings is 1. The first-order valence-corrected chi connectivity index (χ1v) is 4.92. The van der Waals surface area contributed by atoms with Crippen molar-refractivity contribution in [1.82, 2.24) is 4.98 Å². The Morgan fingerprint density at radius 2 is 2.25 bits per heavy atom. The normalized spacial score (nSPS) is 10.4. The van der Waals surface area contributed by atoms with Gasteiger partial charge < -0.3 is 5.73 Å². The van der Waals surface area contributed by atoms with E-state index >= 15 is 0 Å². The van der Waals surface area contributed by atoms with Gasteiger partial charge in [-0.3, -0.25) is 0 Å². The number of hydrogen-bond acceptors (Lipinski definition) is 4. The number of nitrogens with zero attached hydrogens (tertiary/aromatic N) is 1. The number of halogens is 1. The van der Waals surface area contributed by atoms with Crippen molar-refractivity contribution in [2.24, 2.45) is 0 Å². The first kappa shape index (κ1) is 7.70. The van der Waals surface area contributed by atoms with Gasteiger partial charge in [0.2, 0.25) is 0 Å². The van der Waals surface area contributed by atoms with Crippen LogP contribution in [-0.4, -0.2) is 4.98 Å². The lowest BCUT2D eigenvalue weighted by molar-refractivity contribution is 0.657. The highest BCUT2D eigenvalue weighted by Crippen LogP contribution is 2.28. The topological polar surface area (TPSA) is 38.9 Å². The van der Waals surface area contributed by atoms with Gasteiger partial charge in [0.25, 0.3) is 0 Å². The molecule has 5 heteroatoms. The van der Waals surface area contributed by atoms with Gasteiger partial charge in [0, 0.05) is 5.38 Å². The summed E-state index contributed by atoms with van der Waals surface area (Å²) in [7, 11) is 0. The van der Waals surface area contributed by atoms with Crippen LogP contribution in [0.25, 0.3) is 10.6 Å². The third kappa shape index (κ3) is 1.33. The van der Waals surface area contributed by atoms with E-state index in [1.54, 1.807) is 6.07 Å². The van der Waals surface area contributed by atoms with E-state index < -0.39 is 0 Å². The zero-order chi connectivity index (χ0) is 8.55. The average molecular weight is 200 g/mol. The van der Waals surface area contributed by atoms with Gasteiger partial charge in [-0.05, 0) is 12.1 Å². The van der Waals surface area contributed by atoms with Crippen molar-refractivity contribution in [3.63, 3.8) is 0 Å². The zero-order valence-corrected chi connectivity index (χ0v) is 7.58. The first-order valence-electron chi connectivity index (χ1n) is 3.22. The fraction of sp³-hybridized carbons (Fsp3) is 0. The Kier molecular flexibility index (Phi) is 1.82. The molecule has 2 aromatic rings. The Morgan fingerprint density at radius 3 is 2.75 bits per heavy atom. The van der Waals surface area contributed by atoms with Crippen LogP contribution in [0.4, 0.5) is 9.52 Å². The third-order valence-corrected chi connectivity index (χ3v) is 2.92. The van der Waals surface area contributed by atoms with Gasteiger partial charge in [-0.15, -0.1) is 22.7 Å². The van der Waals surface area contributed by atoms with Crippen LogP contribution >= 0.6 is 22.7 Å². The maximum absolute atomic E-state index is 12.6. The molecule has 0 aromatic carbocycles. The highest BCUT2D eigenvalue weighted by atomic mass is 32.1. The molecule has 0 radical (unpaired) electrons. The van der Waals surface area contributed by atoms with E-state index in [4.69, 9.17) is 5.73 Å². The van der Waals surface area contributed by atoms with E-state index in [2.05, 4.69) is 4.98 Å². The minimum atomic E-state index is -0.198. The molecular formula is C7H5FN2S2. The molecule has 0 saturated carbocycles. The molecule has 0 aliphatic rings. The summed E-state index contributed by atoms with van der Waals surface area (Å²) in [6, 6.07) is 3.13. The van der Waals surface area contributed by atoms with Crippen LogP contribution in [-0.2, 0) is 0 Å². The van der Waals surface area contributed by atoms with Crippen LogP contribution in [0.3, 0.4) is 0 Å². The lowest BCUT2D eigenvalue weighted by atomic mass is 10.4. The molecule has 0 saturated heterocycles. The van der Waals surface area contributed by atoms with Gasteiger partial charge in [-0.2, -0.15) is 4.39 Å². The fourth-order valence-electron chi connectivity index (χ4n) is 0.853. The Bertz CT molecular complexity index is 355. The summed E-state index contributed by atoms with van der Waals surface area (Å²) in [5.41, 5.74) is 6.20. The third-order valence-electron chi connectivity index (χ3n) is 1.35. The molecule has 0 aliphatic carbocycles. The molecule has 2 aromatic heterocycles. The summed E-state index contributed by atoms with van der Waals surface area (Å²) in [6.45, 7) is 0. The Hall–Kier alpha value is -0.940. The van der Waals surface area contributed by atoms with Crippen molar-refractivity contribution in [2.45, 2.75) is 0 Å². The minimum absolute atomic E-state index is 0.198. The number of rotatable bonds is 1. The van der Waals surface area contributed by atoms with E-state index in [-0.39, 0.29) is 5.13 Å². The number of hydrogen-bond donors (Lipinski definition) is 1. The van der Waals surface area contributed by atoms with Gasteiger partial charge in [0.1, 0.15) is 0 Å². The van der Waals surface area contributed by atoms with Crippen LogP contribution in [0.2, 0.25) is 0 Å². The molecule has 0 spiro atoms. The Labute approximate surface area is 76.5 Å². The summed E-state index contributed by atoms with van der Waals surface area (Å²) in [4.78, 5) is 4.85. The molecule has 0 amide bonds. The summed E-state index contributed by atoms with van der Waals surface area (Å²) < 4.78 is 12.6. The second-order valence-corrected chi connectivity index (χ2v) is 4.10. The van der Waals surface area contributed by atoms with Crippen LogP contribution < -0.4 is 5.73 Å². The second kappa shape index (κ2) is 2.84. The number of thiophene rings is 1. The predicted octanol–water partition coefficient (Wildman–Crippen LogP) is 2.59. The van der Waals surface area contributed by atoms with E-state index in [0.29, 0.717) is 5.13 Å². The summed E-state index contributed by atoms with van der Waals surface area (Å²) in [6.07, 6.45) is 0. The maximum Gasteiger partial charge on any atom is 0.180 e. The number of anilines is 1. The molecule has 12 heavy (non-hydrogen) atoms. The van der Waals surface area contributed by atoms with Crippen molar-refractivity contribution in [1.29, 1.82) is 0 Å². The number of nitrogens with two attached hydrogens (primary N) is 1. The summed E-state index contributed by atoms with van der Waals surface area (Å²) in [5, 5.41) is 2.14. The van der Waals surface area contributed by atoms with Gasteiger partial charge in [-0.1, -0.05) is 0 Å². The molecule has 0 unspecified atom stereocenters. The quantitative estimate of drug-likeness (QED) is 0.768. The van der Waals surface area contributed by atoms with Crippen LogP contribution in [0.5, 0.6) is 0 Å². The monoisotopic (exact) mass is 200 g/mol. The number of aromatic nitrogens is 1. The lowest BCUT2D eigenvalue weighted by Gasteiger charge is -1.85. The van der Waals surface area contributed by atoms with E-state index in [0.717, 1.165) is 21.9 Å². The largest absolute Gasteiger partial charge is 0.375 e. The molecule has 0 aliphatic heterocycles. The van der Waals surface area contributed by atoms with Crippen molar-refractivity contribution in [3.05, 3.63) is 22.6 Å². The van der Waals surface area contributed by atoms with Gasteiger partial charge in [0.05, 0.1) is 10.6 Å². The summed E-state index contributed by atoms with van der Waals surface area (Å²) in [5.74, 6) is 0. The SMILES string of the molecule is Nc1nc(-c2ccc(F)s2)cs1. The molecule has 0 atom stereocenters. The molecule has 2 nitrogen and oxygen atoms in total. The van der Waals surface area contributed by atoms with E-state index in [1.165, 1.54) is 17.4 Å². The minimum Gasteiger partial charge on any atom is -0.375 e. The first-order chi connectivity index (χ1) is 5.75. The highest BCUT2D eigenvalue weighted by molar-refractivity contribution is 7.16. The number of nitrogen functional groups attached to an aromatic ring is 1. The van der Waals surface area contributed by atoms with E-state index in [1.807, 2.05) is 5.38 Å². The molecule has 2 rings (SSSR count). The fourth-order valence-corrected chi connectivity index (χ4v) is 2.18. The Balaban J connectivity index is 2.43. The molecule has 62 valence electrons. The van der Waals surface area contributed by atoms with Crippen LogP contribution in [0.1, 0.15) is 0 Å². The van der Waals surface area contributed by atoms with Gasteiger partial charge in [0.15, 0.2) is 10.3 Å². The summed E-state index contributed by atoms with van der Waals surface area (Å²) >= 11 is 2.44. The van der Waals surface area contributed by atoms with Crippen molar-refractivity contribution in [3.8, 4) is 10.6 Å². The molecule has 2 N–H and O–H groups in total. The van der Waals surface area contributed by atoms with Crippen LogP contribution in [0, 0.1) is 5.13 Å². The standard InChI is InChI=1S/C7H5FN2S2/c8-6-2-1-5(12-6)4-3-11-7(9)10-4/h1-3H,(H2,9,10). The average Bonchev–Trinajstić information content (AvgIpc) is 2.58. The van der Waals surface area contributed by atoms with Crippen molar-refractivity contribution in [2.75, 3.05) is 5.73 Å². The predicted molar refractivity (Wildman–Crippen MR) is 49.8 cm³/mol. The van der Waals surface area contributed by atoms with Gasteiger partial charge >= 0.3 is 0 Å².